The van der Waals surface area contributed by atoms with E-state index < -0.39 is 5.97 Å². The molecule has 0 spiro atoms. The lowest BCUT2D eigenvalue weighted by Crippen LogP contribution is -1.96. The van der Waals surface area contributed by atoms with Gasteiger partial charge in [-0.15, -0.1) is 0 Å². The van der Waals surface area contributed by atoms with Crippen LogP contribution < -0.4 is 0 Å². The number of aromatic nitrogens is 1. The number of hydrogen-bond acceptors (Lipinski definition) is 4. The number of halogens is 1. The Bertz CT molecular complexity index is 248. The fourth-order valence-electron chi connectivity index (χ4n) is 0.450. The van der Waals surface area contributed by atoms with E-state index in [1.54, 1.807) is 0 Å². The summed E-state index contributed by atoms with van der Waals surface area (Å²) < 4.78 is 8.11. The van der Waals surface area contributed by atoms with Crippen molar-refractivity contribution in [3.8, 4) is 0 Å². The average Bonchev–Trinajstić information content (AvgIpc) is 2.34. The molecule has 5 heteroatoms. The van der Waals surface area contributed by atoms with Crippen molar-refractivity contribution >= 4 is 29.1 Å². The molecular formula is C5H4ClNO2S. The molecule has 0 aromatic carbocycles. The van der Waals surface area contributed by atoms with Crippen LogP contribution in [0.3, 0.4) is 0 Å². The molecule has 0 N–H and O–H groups in total. The van der Waals surface area contributed by atoms with Crippen molar-refractivity contribution in [2.45, 2.75) is 0 Å². The molecule has 0 aliphatic rings. The highest BCUT2D eigenvalue weighted by Crippen LogP contribution is 2.14. The Balaban J connectivity index is 2.85. The van der Waals surface area contributed by atoms with Crippen LogP contribution in [-0.4, -0.2) is 17.5 Å². The Morgan fingerprint density at radius 2 is 2.60 bits per heavy atom. The van der Waals surface area contributed by atoms with Crippen LogP contribution in [0, 0.1) is 0 Å². The minimum Gasteiger partial charge on any atom is -0.465 e. The quantitative estimate of drug-likeness (QED) is 0.612. The SMILES string of the molecule is COC(=O)c1cc(Cl)ns1. The van der Waals surface area contributed by atoms with Crippen molar-refractivity contribution in [1.82, 2.24) is 4.37 Å². The Morgan fingerprint density at radius 1 is 1.90 bits per heavy atom. The maximum atomic E-state index is 10.7. The third-order valence-electron chi connectivity index (χ3n) is 0.868. The summed E-state index contributed by atoms with van der Waals surface area (Å²) in [6.45, 7) is 0. The van der Waals surface area contributed by atoms with E-state index in [4.69, 9.17) is 11.6 Å². The summed E-state index contributed by atoms with van der Waals surface area (Å²) in [6, 6.07) is 1.47. The molecule has 1 heterocycles. The molecule has 3 nitrogen and oxygen atoms in total. The van der Waals surface area contributed by atoms with Crippen LogP contribution in [0.5, 0.6) is 0 Å². The van der Waals surface area contributed by atoms with Crippen molar-refractivity contribution in [3.63, 3.8) is 0 Å². The highest BCUT2D eigenvalue weighted by molar-refractivity contribution is 7.08. The maximum absolute atomic E-state index is 10.7. The van der Waals surface area contributed by atoms with Gasteiger partial charge in [0.05, 0.1) is 7.11 Å². The summed E-state index contributed by atoms with van der Waals surface area (Å²) in [4.78, 5) is 11.1. The summed E-state index contributed by atoms with van der Waals surface area (Å²) in [7, 11) is 1.32. The number of esters is 1. The van der Waals surface area contributed by atoms with Crippen LogP contribution in [0.25, 0.3) is 0 Å². The van der Waals surface area contributed by atoms with E-state index in [0.29, 0.717) is 10.0 Å². The van der Waals surface area contributed by atoms with E-state index >= 15 is 0 Å². The molecule has 0 fully saturated rings. The van der Waals surface area contributed by atoms with E-state index in [-0.39, 0.29) is 0 Å². The van der Waals surface area contributed by atoms with Gasteiger partial charge in [0, 0.05) is 6.07 Å². The van der Waals surface area contributed by atoms with E-state index in [0.717, 1.165) is 11.5 Å². The second kappa shape index (κ2) is 2.98. The lowest BCUT2D eigenvalue weighted by molar-refractivity contribution is 0.0606. The zero-order chi connectivity index (χ0) is 7.56. The molecule has 0 amide bonds. The van der Waals surface area contributed by atoms with Crippen LogP contribution in [0.4, 0.5) is 0 Å². The number of nitrogens with zero attached hydrogens (tertiary/aromatic N) is 1. The van der Waals surface area contributed by atoms with Crippen molar-refractivity contribution < 1.29 is 9.53 Å². The van der Waals surface area contributed by atoms with Crippen LogP contribution in [0.2, 0.25) is 5.15 Å². The van der Waals surface area contributed by atoms with Gasteiger partial charge in [-0.25, -0.2) is 4.79 Å². The molecule has 0 atom stereocenters. The zero-order valence-corrected chi connectivity index (χ0v) is 6.70. The largest absolute Gasteiger partial charge is 0.465 e. The normalized spacial score (nSPS) is 9.40. The smallest absolute Gasteiger partial charge is 0.349 e. The highest BCUT2D eigenvalue weighted by Gasteiger charge is 2.08. The van der Waals surface area contributed by atoms with E-state index in [9.17, 15) is 4.79 Å². The van der Waals surface area contributed by atoms with Gasteiger partial charge in [0.2, 0.25) is 0 Å². The molecule has 0 saturated carbocycles. The van der Waals surface area contributed by atoms with E-state index in [2.05, 4.69) is 9.11 Å². The van der Waals surface area contributed by atoms with Gasteiger partial charge in [-0.3, -0.25) is 0 Å². The first kappa shape index (κ1) is 7.50. The maximum Gasteiger partial charge on any atom is 0.349 e. The first-order chi connectivity index (χ1) is 4.74. The minimum absolute atomic E-state index is 0.324. The van der Waals surface area contributed by atoms with Crippen molar-refractivity contribution in [3.05, 3.63) is 16.1 Å². The van der Waals surface area contributed by atoms with Gasteiger partial charge < -0.3 is 4.74 Å². The fourth-order valence-corrected chi connectivity index (χ4v) is 1.29. The molecule has 0 bridgehead atoms. The summed E-state index contributed by atoms with van der Waals surface area (Å²) in [5, 5.41) is 0.324. The van der Waals surface area contributed by atoms with E-state index in [1.165, 1.54) is 13.2 Å². The Labute approximate surface area is 66.7 Å². The monoisotopic (exact) mass is 177 g/mol. The second-order valence-corrected chi connectivity index (χ2v) is 2.70. The summed E-state index contributed by atoms with van der Waals surface area (Å²) in [5.41, 5.74) is 0. The summed E-state index contributed by atoms with van der Waals surface area (Å²) in [5.74, 6) is -0.399. The van der Waals surface area contributed by atoms with Gasteiger partial charge in [0.25, 0.3) is 0 Å². The molecule has 10 heavy (non-hydrogen) atoms. The molecule has 0 saturated heterocycles. The van der Waals surface area contributed by atoms with Crippen LogP contribution in [0.15, 0.2) is 6.07 Å². The zero-order valence-electron chi connectivity index (χ0n) is 5.13. The lowest BCUT2D eigenvalue weighted by atomic mass is 10.5. The summed E-state index contributed by atoms with van der Waals surface area (Å²) >= 11 is 6.48. The standard InChI is InChI=1S/C5H4ClNO2S/c1-9-5(8)3-2-4(6)7-10-3/h2H,1H3. The lowest BCUT2D eigenvalue weighted by Gasteiger charge is -1.89. The first-order valence-electron chi connectivity index (χ1n) is 2.44. The number of ether oxygens (including phenoxy) is 1. The van der Waals surface area contributed by atoms with Crippen LogP contribution in [0.1, 0.15) is 9.67 Å². The Hall–Kier alpha value is -0.610. The third kappa shape index (κ3) is 1.46. The molecule has 1 aromatic rings. The van der Waals surface area contributed by atoms with Crippen LogP contribution in [-0.2, 0) is 4.74 Å². The predicted octanol–water partition coefficient (Wildman–Crippen LogP) is 1.58. The molecule has 0 aliphatic carbocycles. The number of carbonyl (C=O) groups excluding carboxylic acids is 1. The molecule has 1 aromatic heterocycles. The number of methoxy groups -OCH3 is 1. The Morgan fingerprint density at radius 3 is 3.00 bits per heavy atom. The van der Waals surface area contributed by atoms with Crippen LogP contribution >= 0.6 is 23.1 Å². The van der Waals surface area contributed by atoms with Gasteiger partial charge in [0.15, 0.2) is 0 Å². The molecule has 54 valence electrons. The molecule has 0 radical (unpaired) electrons. The number of rotatable bonds is 1. The van der Waals surface area contributed by atoms with Crippen molar-refractivity contribution in [1.29, 1.82) is 0 Å². The third-order valence-corrected chi connectivity index (χ3v) is 1.93. The average molecular weight is 178 g/mol. The fraction of sp³-hybridized carbons (Fsp3) is 0.200. The van der Waals surface area contributed by atoms with Crippen molar-refractivity contribution in [2.75, 3.05) is 7.11 Å². The predicted molar refractivity (Wildman–Crippen MR) is 38.5 cm³/mol. The van der Waals surface area contributed by atoms with Gasteiger partial charge in [-0.2, -0.15) is 4.37 Å². The Kier molecular flexibility index (Phi) is 2.24. The molecular weight excluding hydrogens is 174 g/mol. The van der Waals surface area contributed by atoms with Gasteiger partial charge >= 0.3 is 5.97 Å². The summed E-state index contributed by atoms with van der Waals surface area (Å²) in [6.07, 6.45) is 0. The number of carbonyl (C=O) groups is 1. The minimum atomic E-state index is -0.399. The van der Waals surface area contributed by atoms with E-state index in [1.807, 2.05) is 0 Å². The highest BCUT2D eigenvalue weighted by atomic mass is 35.5. The van der Waals surface area contributed by atoms with Gasteiger partial charge in [-0.05, 0) is 11.5 Å². The van der Waals surface area contributed by atoms with Gasteiger partial charge in [-0.1, -0.05) is 11.6 Å². The number of hydrogen-bond donors (Lipinski definition) is 0. The first-order valence-corrected chi connectivity index (χ1v) is 3.59. The van der Waals surface area contributed by atoms with Crippen molar-refractivity contribution in [2.24, 2.45) is 0 Å². The topological polar surface area (TPSA) is 39.2 Å². The molecule has 0 unspecified atom stereocenters. The van der Waals surface area contributed by atoms with Gasteiger partial charge in [0.1, 0.15) is 10.0 Å². The molecule has 1 rings (SSSR count). The molecule has 0 aliphatic heterocycles. The second-order valence-electron chi connectivity index (χ2n) is 1.51.